The summed E-state index contributed by atoms with van der Waals surface area (Å²) in [5, 5.41) is 0. The van der Waals surface area contributed by atoms with E-state index < -0.39 is 0 Å². The lowest BCUT2D eigenvalue weighted by Gasteiger charge is -2.33. The summed E-state index contributed by atoms with van der Waals surface area (Å²) in [6.45, 7) is 4.22. The van der Waals surface area contributed by atoms with E-state index in [2.05, 4.69) is 35.0 Å². The molecule has 1 aromatic carbocycles. The van der Waals surface area contributed by atoms with Gasteiger partial charge >= 0.3 is 0 Å². The van der Waals surface area contributed by atoms with Gasteiger partial charge in [-0.2, -0.15) is 0 Å². The van der Waals surface area contributed by atoms with Crippen molar-refractivity contribution in [3.63, 3.8) is 0 Å². The number of nitrogens with two attached hydrogens (primary N) is 1. The normalized spacial score (nSPS) is 16.9. The highest BCUT2D eigenvalue weighted by molar-refractivity contribution is 5.51. The van der Waals surface area contributed by atoms with Crippen LogP contribution in [0.5, 0.6) is 0 Å². The topological polar surface area (TPSA) is 42.2 Å². The second-order valence-electron chi connectivity index (χ2n) is 5.14. The first-order chi connectivity index (χ1) is 9.25. The fourth-order valence-electron chi connectivity index (χ4n) is 2.80. The van der Waals surface area contributed by atoms with Crippen molar-refractivity contribution in [2.24, 2.45) is 0 Å². The van der Waals surface area contributed by atoms with E-state index in [9.17, 15) is 0 Å². The molecule has 0 aliphatic carbocycles. The van der Waals surface area contributed by atoms with E-state index in [1.807, 2.05) is 24.4 Å². The molecule has 0 saturated heterocycles. The number of hydrogen-bond acceptors (Lipinski definition) is 3. The Balaban J connectivity index is 1.83. The van der Waals surface area contributed by atoms with Crippen LogP contribution < -0.4 is 5.73 Å². The van der Waals surface area contributed by atoms with Crippen molar-refractivity contribution in [1.29, 1.82) is 0 Å². The summed E-state index contributed by atoms with van der Waals surface area (Å²) >= 11 is 0. The average molecular weight is 253 g/mol. The Labute approximate surface area is 114 Å². The van der Waals surface area contributed by atoms with Crippen LogP contribution in [-0.4, -0.2) is 16.4 Å². The van der Waals surface area contributed by atoms with Crippen LogP contribution >= 0.6 is 0 Å². The average Bonchev–Trinajstić information content (AvgIpc) is 2.47. The first-order valence-electron chi connectivity index (χ1n) is 6.77. The quantitative estimate of drug-likeness (QED) is 0.837. The molecular formula is C16H19N3. The summed E-state index contributed by atoms with van der Waals surface area (Å²) < 4.78 is 0. The number of anilines is 1. The van der Waals surface area contributed by atoms with Gasteiger partial charge in [-0.05, 0) is 42.7 Å². The van der Waals surface area contributed by atoms with Crippen LogP contribution in [0.1, 0.15) is 29.8 Å². The molecule has 0 amide bonds. The third-order valence-corrected chi connectivity index (χ3v) is 4.00. The molecule has 2 heterocycles. The molecule has 1 unspecified atom stereocenters. The summed E-state index contributed by atoms with van der Waals surface area (Å²) in [4.78, 5) is 6.92. The smallest absolute Gasteiger partial charge is 0.0572 e. The minimum Gasteiger partial charge on any atom is -0.398 e. The molecule has 1 aliphatic rings. The number of hydrogen-bond donors (Lipinski definition) is 1. The monoisotopic (exact) mass is 253 g/mol. The zero-order valence-corrected chi connectivity index (χ0v) is 11.2. The van der Waals surface area contributed by atoms with Gasteiger partial charge in [0.05, 0.1) is 5.69 Å². The SMILES string of the molecule is CC(c1ccccn1)N1CCc2c(N)cccc2C1. The van der Waals surface area contributed by atoms with E-state index in [1.54, 1.807) is 0 Å². The van der Waals surface area contributed by atoms with Gasteiger partial charge in [0.1, 0.15) is 0 Å². The summed E-state index contributed by atoms with van der Waals surface area (Å²) in [6.07, 6.45) is 2.89. The van der Waals surface area contributed by atoms with Crippen LogP contribution in [-0.2, 0) is 13.0 Å². The van der Waals surface area contributed by atoms with Gasteiger partial charge < -0.3 is 5.73 Å². The summed E-state index contributed by atoms with van der Waals surface area (Å²) in [5.41, 5.74) is 10.8. The molecule has 2 aromatic rings. The van der Waals surface area contributed by atoms with Crippen molar-refractivity contribution in [3.8, 4) is 0 Å². The molecule has 98 valence electrons. The molecule has 3 rings (SSSR count). The third-order valence-electron chi connectivity index (χ3n) is 4.00. The van der Waals surface area contributed by atoms with Crippen molar-refractivity contribution in [2.75, 3.05) is 12.3 Å². The number of nitrogen functional groups attached to an aromatic ring is 1. The van der Waals surface area contributed by atoms with Gasteiger partial charge in [-0.25, -0.2) is 0 Å². The second kappa shape index (κ2) is 5.02. The Morgan fingerprint density at radius 1 is 1.21 bits per heavy atom. The van der Waals surface area contributed by atoms with Crippen LogP contribution in [0.3, 0.4) is 0 Å². The second-order valence-corrected chi connectivity index (χ2v) is 5.14. The lowest BCUT2D eigenvalue weighted by molar-refractivity contribution is 0.189. The highest BCUT2D eigenvalue weighted by Gasteiger charge is 2.23. The third kappa shape index (κ3) is 2.34. The van der Waals surface area contributed by atoms with E-state index in [-0.39, 0.29) is 0 Å². The highest BCUT2D eigenvalue weighted by atomic mass is 15.2. The first-order valence-corrected chi connectivity index (χ1v) is 6.77. The van der Waals surface area contributed by atoms with E-state index in [1.165, 1.54) is 11.1 Å². The Morgan fingerprint density at radius 3 is 2.89 bits per heavy atom. The zero-order chi connectivity index (χ0) is 13.2. The maximum Gasteiger partial charge on any atom is 0.0572 e. The molecule has 1 aliphatic heterocycles. The lowest BCUT2D eigenvalue weighted by atomic mass is 9.96. The van der Waals surface area contributed by atoms with Gasteiger partial charge in [0.15, 0.2) is 0 Å². The molecule has 1 aromatic heterocycles. The van der Waals surface area contributed by atoms with Crippen LogP contribution in [0.25, 0.3) is 0 Å². The molecule has 0 bridgehead atoms. The van der Waals surface area contributed by atoms with E-state index in [0.717, 1.165) is 30.9 Å². The van der Waals surface area contributed by atoms with Gasteiger partial charge in [-0.3, -0.25) is 9.88 Å². The molecule has 0 saturated carbocycles. The van der Waals surface area contributed by atoms with Gasteiger partial charge in [0.2, 0.25) is 0 Å². The fourth-order valence-corrected chi connectivity index (χ4v) is 2.80. The van der Waals surface area contributed by atoms with Crippen molar-refractivity contribution in [2.45, 2.75) is 25.9 Å². The fraction of sp³-hybridized carbons (Fsp3) is 0.312. The van der Waals surface area contributed by atoms with Crippen LogP contribution in [0.15, 0.2) is 42.6 Å². The number of pyridine rings is 1. The maximum absolute atomic E-state index is 6.04. The molecule has 0 radical (unpaired) electrons. The largest absolute Gasteiger partial charge is 0.398 e. The molecule has 3 heteroatoms. The summed E-state index contributed by atoms with van der Waals surface area (Å²) in [6, 6.07) is 12.7. The Morgan fingerprint density at radius 2 is 2.11 bits per heavy atom. The molecular weight excluding hydrogens is 234 g/mol. The van der Waals surface area contributed by atoms with E-state index in [4.69, 9.17) is 5.73 Å². The number of fused-ring (bicyclic) bond motifs is 1. The van der Waals surface area contributed by atoms with Crippen molar-refractivity contribution in [3.05, 3.63) is 59.4 Å². The summed E-state index contributed by atoms with van der Waals surface area (Å²) in [7, 11) is 0. The predicted octanol–water partition coefficient (Wildman–Crippen LogP) is 2.78. The molecule has 2 N–H and O–H groups in total. The minimum absolute atomic E-state index is 0.343. The molecule has 19 heavy (non-hydrogen) atoms. The molecule has 0 fully saturated rings. The van der Waals surface area contributed by atoms with Crippen molar-refractivity contribution >= 4 is 5.69 Å². The molecule has 1 atom stereocenters. The Hall–Kier alpha value is -1.87. The first kappa shape index (κ1) is 12.2. The van der Waals surface area contributed by atoms with Crippen LogP contribution in [0, 0.1) is 0 Å². The van der Waals surface area contributed by atoms with E-state index >= 15 is 0 Å². The van der Waals surface area contributed by atoms with Crippen molar-refractivity contribution < 1.29 is 0 Å². The zero-order valence-electron chi connectivity index (χ0n) is 11.2. The van der Waals surface area contributed by atoms with Gasteiger partial charge in [0, 0.05) is 31.0 Å². The number of rotatable bonds is 2. The van der Waals surface area contributed by atoms with Crippen molar-refractivity contribution in [1.82, 2.24) is 9.88 Å². The van der Waals surface area contributed by atoms with Crippen LogP contribution in [0.4, 0.5) is 5.69 Å². The summed E-state index contributed by atoms with van der Waals surface area (Å²) in [5.74, 6) is 0. The number of benzene rings is 1. The molecule has 3 nitrogen and oxygen atoms in total. The molecule has 0 spiro atoms. The Kier molecular flexibility index (Phi) is 3.22. The van der Waals surface area contributed by atoms with Crippen LogP contribution in [0.2, 0.25) is 0 Å². The van der Waals surface area contributed by atoms with Gasteiger partial charge in [-0.15, -0.1) is 0 Å². The Bertz CT molecular complexity index is 565. The number of nitrogens with zero attached hydrogens (tertiary/aromatic N) is 2. The van der Waals surface area contributed by atoms with Gasteiger partial charge in [0.25, 0.3) is 0 Å². The van der Waals surface area contributed by atoms with E-state index in [0.29, 0.717) is 6.04 Å². The highest BCUT2D eigenvalue weighted by Crippen LogP contribution is 2.29. The number of aromatic nitrogens is 1. The van der Waals surface area contributed by atoms with Gasteiger partial charge in [-0.1, -0.05) is 18.2 Å². The lowest BCUT2D eigenvalue weighted by Crippen LogP contribution is -2.33. The maximum atomic E-state index is 6.04. The predicted molar refractivity (Wildman–Crippen MR) is 77.6 cm³/mol. The standard InChI is InChI=1S/C16H19N3/c1-12(16-7-2-3-9-18-16)19-10-8-14-13(11-19)5-4-6-15(14)17/h2-7,9,12H,8,10-11,17H2,1H3. The minimum atomic E-state index is 0.343.